The number of methoxy groups -OCH3 is 1. The molecule has 0 spiro atoms. The lowest BCUT2D eigenvalue weighted by atomic mass is 10.0. The molecule has 0 amide bonds. The quantitative estimate of drug-likeness (QED) is 0.485. The first-order valence-electron chi connectivity index (χ1n) is 9.61. The van der Waals surface area contributed by atoms with E-state index in [1.165, 1.54) is 6.92 Å². The van der Waals surface area contributed by atoms with Gasteiger partial charge in [-0.25, -0.2) is 0 Å². The predicted molar refractivity (Wildman–Crippen MR) is 109 cm³/mol. The maximum Gasteiger partial charge on any atom is 0.271 e. The Labute approximate surface area is 170 Å². The van der Waals surface area contributed by atoms with Gasteiger partial charge in [-0.1, -0.05) is 26.2 Å². The molecule has 1 N–H and O–H groups in total. The molecule has 0 aliphatic carbocycles. The summed E-state index contributed by atoms with van der Waals surface area (Å²) in [6.07, 6.45) is 3.60. The third-order valence-corrected chi connectivity index (χ3v) is 4.74. The average Bonchev–Trinajstić information content (AvgIpc) is 2.72. The number of rotatable bonds is 10. The normalized spacial score (nSPS) is 10.4. The van der Waals surface area contributed by atoms with Crippen molar-refractivity contribution in [1.82, 2.24) is 4.57 Å². The van der Waals surface area contributed by atoms with E-state index >= 15 is 0 Å². The Balaban J connectivity index is 2.28. The maximum atomic E-state index is 12.8. The molecule has 0 unspecified atom stereocenters. The summed E-state index contributed by atoms with van der Waals surface area (Å²) in [5.41, 5.74) is -0.592. The predicted octanol–water partition coefficient (Wildman–Crippen LogP) is 3.58. The number of ketones is 1. The third-order valence-electron chi connectivity index (χ3n) is 4.74. The van der Waals surface area contributed by atoms with Gasteiger partial charge in [-0.15, -0.1) is 0 Å². The molecule has 1 aromatic heterocycles. The molecule has 0 saturated heterocycles. The number of aromatic nitrogens is 1. The summed E-state index contributed by atoms with van der Waals surface area (Å²) in [5.74, 6) is 0.205. The van der Waals surface area contributed by atoms with Crippen molar-refractivity contribution < 1.29 is 19.4 Å². The Bertz CT molecular complexity index is 955. The number of nitrogens with zero attached hydrogens (tertiary/aromatic N) is 2. The molecule has 1 aromatic carbocycles. The van der Waals surface area contributed by atoms with Crippen LogP contribution in [0.4, 0.5) is 0 Å². The fraction of sp³-hybridized carbons (Fsp3) is 0.409. The summed E-state index contributed by atoms with van der Waals surface area (Å²) < 4.78 is 11.7. The molecule has 0 atom stereocenters. The van der Waals surface area contributed by atoms with Crippen LogP contribution in [0.25, 0.3) is 0 Å². The number of nitriles is 1. The minimum Gasteiger partial charge on any atom is -0.497 e. The van der Waals surface area contributed by atoms with Crippen LogP contribution in [0.5, 0.6) is 17.4 Å². The number of carbonyl (C=O) groups excluding carboxylic acids is 1. The van der Waals surface area contributed by atoms with Crippen molar-refractivity contribution >= 4 is 5.78 Å². The Morgan fingerprint density at radius 3 is 2.41 bits per heavy atom. The van der Waals surface area contributed by atoms with Crippen LogP contribution >= 0.6 is 0 Å². The van der Waals surface area contributed by atoms with Crippen LogP contribution in [0.3, 0.4) is 0 Å². The number of pyridine rings is 1. The number of benzene rings is 1. The lowest BCUT2D eigenvalue weighted by Crippen LogP contribution is -2.27. The van der Waals surface area contributed by atoms with Gasteiger partial charge in [-0.3, -0.25) is 14.2 Å². The molecule has 0 saturated carbocycles. The maximum absolute atomic E-state index is 12.8. The van der Waals surface area contributed by atoms with Crippen LogP contribution in [0.1, 0.15) is 54.1 Å². The highest BCUT2D eigenvalue weighted by Crippen LogP contribution is 2.24. The summed E-state index contributed by atoms with van der Waals surface area (Å²) in [5, 5.41) is 20.0. The lowest BCUT2D eigenvalue weighted by molar-refractivity contribution is 0.0916. The van der Waals surface area contributed by atoms with Crippen molar-refractivity contribution in [2.24, 2.45) is 0 Å². The first kappa shape index (κ1) is 22.0. The second-order valence-corrected chi connectivity index (χ2v) is 6.72. The molecule has 0 aliphatic heterocycles. The van der Waals surface area contributed by atoms with Gasteiger partial charge >= 0.3 is 0 Å². The van der Waals surface area contributed by atoms with Crippen molar-refractivity contribution in [2.45, 2.75) is 46.1 Å². The topological polar surface area (TPSA) is 102 Å². The van der Waals surface area contributed by atoms with Crippen molar-refractivity contribution in [1.29, 1.82) is 5.26 Å². The molecule has 2 rings (SSSR count). The zero-order chi connectivity index (χ0) is 21.4. The highest BCUT2D eigenvalue weighted by molar-refractivity contribution is 6.01. The minimum atomic E-state index is -0.577. The second kappa shape index (κ2) is 10.3. The van der Waals surface area contributed by atoms with Gasteiger partial charge in [0.2, 0.25) is 11.7 Å². The molecule has 7 heteroatoms. The lowest BCUT2D eigenvalue weighted by Gasteiger charge is -2.16. The van der Waals surface area contributed by atoms with Crippen LogP contribution in [-0.2, 0) is 6.54 Å². The van der Waals surface area contributed by atoms with Gasteiger partial charge in [0.05, 0.1) is 12.7 Å². The summed E-state index contributed by atoms with van der Waals surface area (Å²) >= 11 is 0. The fourth-order valence-electron chi connectivity index (χ4n) is 3.08. The van der Waals surface area contributed by atoms with Crippen molar-refractivity contribution in [3.05, 3.63) is 51.3 Å². The summed E-state index contributed by atoms with van der Waals surface area (Å²) in [6.45, 7) is 3.48. The largest absolute Gasteiger partial charge is 0.497 e. The number of unbranched alkanes of at least 4 members (excludes halogenated alkanes) is 3. The zero-order valence-electron chi connectivity index (χ0n) is 17.0. The van der Waals surface area contributed by atoms with E-state index in [1.54, 1.807) is 31.4 Å². The highest BCUT2D eigenvalue weighted by Gasteiger charge is 2.24. The Morgan fingerprint density at radius 2 is 1.83 bits per heavy atom. The summed E-state index contributed by atoms with van der Waals surface area (Å²) in [4.78, 5) is 25.3. The molecule has 1 heterocycles. The number of Topliss-reactive ketones (excluding diaryl/α,β-unsaturated/α-hetero) is 1. The molecule has 154 valence electrons. The Kier molecular flexibility index (Phi) is 7.84. The molecule has 0 bridgehead atoms. The van der Waals surface area contributed by atoms with E-state index in [9.17, 15) is 20.0 Å². The Morgan fingerprint density at radius 1 is 1.17 bits per heavy atom. The van der Waals surface area contributed by atoms with Gasteiger partial charge < -0.3 is 14.6 Å². The molecule has 0 aliphatic rings. The van der Waals surface area contributed by atoms with E-state index in [-0.39, 0.29) is 29.8 Å². The van der Waals surface area contributed by atoms with Crippen LogP contribution in [-0.4, -0.2) is 29.2 Å². The van der Waals surface area contributed by atoms with Gasteiger partial charge in [-0.2, -0.15) is 5.26 Å². The molecule has 2 aromatic rings. The summed E-state index contributed by atoms with van der Waals surface area (Å²) in [7, 11) is 1.55. The van der Waals surface area contributed by atoms with Crippen LogP contribution in [0, 0.1) is 18.3 Å². The smallest absolute Gasteiger partial charge is 0.271 e. The first-order chi connectivity index (χ1) is 13.9. The number of carbonyl (C=O) groups is 1. The SMILES string of the molecule is CCCCCCn1c(O)c(C(=O)COc2ccc(OC)cc2)c(C)c(C#N)c1=O. The fourth-order valence-corrected chi connectivity index (χ4v) is 3.08. The van der Waals surface area contributed by atoms with Gasteiger partial charge in [0.25, 0.3) is 5.56 Å². The minimum absolute atomic E-state index is 0.0508. The average molecular weight is 398 g/mol. The van der Waals surface area contributed by atoms with E-state index < -0.39 is 17.2 Å². The van der Waals surface area contributed by atoms with Crippen LogP contribution in [0.15, 0.2) is 29.1 Å². The van der Waals surface area contributed by atoms with Gasteiger partial charge in [0.1, 0.15) is 23.1 Å². The van der Waals surface area contributed by atoms with Crippen molar-refractivity contribution in [3.8, 4) is 23.4 Å². The van der Waals surface area contributed by atoms with E-state index in [0.29, 0.717) is 17.9 Å². The van der Waals surface area contributed by atoms with Crippen LogP contribution < -0.4 is 15.0 Å². The molecule has 7 nitrogen and oxygen atoms in total. The van der Waals surface area contributed by atoms with E-state index in [4.69, 9.17) is 9.47 Å². The number of aromatic hydroxyl groups is 1. The van der Waals surface area contributed by atoms with E-state index in [2.05, 4.69) is 6.92 Å². The number of hydrogen-bond acceptors (Lipinski definition) is 6. The second-order valence-electron chi connectivity index (χ2n) is 6.72. The third kappa shape index (κ3) is 5.17. The number of hydrogen-bond donors (Lipinski definition) is 1. The molecule has 29 heavy (non-hydrogen) atoms. The van der Waals surface area contributed by atoms with Gasteiger partial charge in [0, 0.05) is 6.54 Å². The summed E-state index contributed by atoms with van der Waals surface area (Å²) in [6, 6.07) is 8.59. The zero-order valence-corrected chi connectivity index (χ0v) is 17.0. The number of ether oxygens (including phenoxy) is 2. The van der Waals surface area contributed by atoms with Crippen LogP contribution in [0.2, 0.25) is 0 Å². The first-order valence-corrected chi connectivity index (χ1v) is 9.61. The molecule has 0 radical (unpaired) electrons. The standard InChI is InChI=1S/C22H26N2O5/c1-4-5-6-7-12-24-21(26)18(13-23)15(2)20(22(24)27)19(25)14-29-17-10-8-16(28-3)9-11-17/h8-11,27H,4-7,12,14H2,1-3H3. The molecule has 0 fully saturated rings. The van der Waals surface area contributed by atoms with Crippen molar-refractivity contribution in [3.63, 3.8) is 0 Å². The molecular weight excluding hydrogens is 372 g/mol. The Hall–Kier alpha value is -3.27. The highest BCUT2D eigenvalue weighted by atomic mass is 16.5. The molecular formula is C22H26N2O5. The monoisotopic (exact) mass is 398 g/mol. The van der Waals surface area contributed by atoms with Gasteiger partial charge in [-0.05, 0) is 43.2 Å². The van der Waals surface area contributed by atoms with Gasteiger partial charge in [0.15, 0.2) is 6.61 Å². The van der Waals surface area contributed by atoms with E-state index in [1.807, 2.05) is 6.07 Å². The van der Waals surface area contributed by atoms with E-state index in [0.717, 1.165) is 23.8 Å². The van der Waals surface area contributed by atoms with Crippen molar-refractivity contribution in [2.75, 3.05) is 13.7 Å².